The molecule has 0 spiro atoms. The van der Waals surface area contributed by atoms with Crippen molar-refractivity contribution in [1.29, 1.82) is 0 Å². The molecule has 0 saturated carbocycles. The van der Waals surface area contributed by atoms with Gasteiger partial charge in [-0.3, -0.25) is 0 Å². The van der Waals surface area contributed by atoms with Crippen LogP contribution in [0.1, 0.15) is 25.5 Å². The number of aromatic nitrogens is 1. The second-order valence-electron chi connectivity index (χ2n) is 3.80. The van der Waals surface area contributed by atoms with E-state index in [1.165, 1.54) is 0 Å². The number of hydrogen-bond acceptors (Lipinski definition) is 3. The molecule has 0 aliphatic carbocycles. The van der Waals surface area contributed by atoms with Gasteiger partial charge in [0.05, 0.1) is 12.3 Å². The first kappa shape index (κ1) is 13.5. The van der Waals surface area contributed by atoms with Crippen LogP contribution in [-0.4, -0.2) is 29.8 Å². The van der Waals surface area contributed by atoms with Crippen molar-refractivity contribution >= 4 is 21.7 Å². The zero-order valence-electron chi connectivity index (χ0n) is 9.91. The summed E-state index contributed by atoms with van der Waals surface area (Å²) < 4.78 is 1.02. The lowest BCUT2D eigenvalue weighted by Gasteiger charge is -2.23. The van der Waals surface area contributed by atoms with E-state index in [2.05, 4.69) is 32.7 Å². The van der Waals surface area contributed by atoms with Crippen molar-refractivity contribution in [1.82, 2.24) is 4.98 Å². The second kappa shape index (κ2) is 6.86. The van der Waals surface area contributed by atoms with Gasteiger partial charge in [-0.1, -0.05) is 13.3 Å². The van der Waals surface area contributed by atoms with Crippen LogP contribution in [0.2, 0.25) is 0 Å². The van der Waals surface area contributed by atoms with Crippen LogP contribution in [0.25, 0.3) is 0 Å². The summed E-state index contributed by atoms with van der Waals surface area (Å²) in [7, 11) is 0. The molecule has 4 heteroatoms. The van der Waals surface area contributed by atoms with Crippen LogP contribution in [0, 0.1) is 6.92 Å². The molecule has 3 nitrogen and oxygen atoms in total. The molecule has 0 aromatic carbocycles. The first-order valence-corrected chi connectivity index (χ1v) is 6.47. The SMILES string of the molecule is CCCCN(CCO)c1ccc(Br)c(C)n1. The highest BCUT2D eigenvalue weighted by Gasteiger charge is 2.07. The molecule has 90 valence electrons. The summed E-state index contributed by atoms with van der Waals surface area (Å²) in [5, 5.41) is 9.04. The van der Waals surface area contributed by atoms with E-state index in [9.17, 15) is 0 Å². The molecule has 0 aliphatic rings. The van der Waals surface area contributed by atoms with E-state index in [0.29, 0.717) is 6.54 Å². The predicted molar refractivity (Wildman–Crippen MR) is 70.9 cm³/mol. The van der Waals surface area contributed by atoms with Gasteiger partial charge in [-0.25, -0.2) is 4.98 Å². The number of aliphatic hydroxyl groups is 1. The molecule has 1 aromatic heterocycles. The summed E-state index contributed by atoms with van der Waals surface area (Å²) in [4.78, 5) is 6.64. The highest BCUT2D eigenvalue weighted by molar-refractivity contribution is 9.10. The third kappa shape index (κ3) is 3.76. The zero-order valence-corrected chi connectivity index (χ0v) is 11.5. The number of hydrogen-bond donors (Lipinski definition) is 1. The average molecular weight is 287 g/mol. The maximum absolute atomic E-state index is 9.04. The van der Waals surface area contributed by atoms with Gasteiger partial charge in [0.2, 0.25) is 0 Å². The average Bonchev–Trinajstić information content (AvgIpc) is 2.28. The third-order valence-corrected chi connectivity index (χ3v) is 3.32. The molecule has 0 radical (unpaired) electrons. The molecule has 1 N–H and O–H groups in total. The van der Waals surface area contributed by atoms with E-state index in [4.69, 9.17) is 5.11 Å². The van der Waals surface area contributed by atoms with Crippen molar-refractivity contribution in [2.75, 3.05) is 24.6 Å². The molecule has 0 atom stereocenters. The summed E-state index contributed by atoms with van der Waals surface area (Å²) >= 11 is 3.44. The van der Waals surface area contributed by atoms with Gasteiger partial charge < -0.3 is 10.0 Å². The van der Waals surface area contributed by atoms with E-state index in [0.717, 1.165) is 35.4 Å². The standard InChI is InChI=1S/C12H19BrN2O/c1-3-4-7-15(8-9-16)12-6-5-11(13)10(2)14-12/h5-6,16H,3-4,7-9H2,1-2H3. The van der Waals surface area contributed by atoms with E-state index in [-0.39, 0.29) is 6.61 Å². The fourth-order valence-electron chi connectivity index (χ4n) is 1.52. The van der Waals surface area contributed by atoms with Crippen LogP contribution in [0.5, 0.6) is 0 Å². The second-order valence-corrected chi connectivity index (χ2v) is 4.66. The monoisotopic (exact) mass is 286 g/mol. The first-order valence-electron chi connectivity index (χ1n) is 5.68. The van der Waals surface area contributed by atoms with Crippen LogP contribution >= 0.6 is 15.9 Å². The van der Waals surface area contributed by atoms with Gasteiger partial charge in [-0.05, 0) is 41.4 Å². The maximum atomic E-state index is 9.04. The van der Waals surface area contributed by atoms with Crippen molar-refractivity contribution in [2.24, 2.45) is 0 Å². The minimum absolute atomic E-state index is 0.167. The number of halogens is 1. The van der Waals surface area contributed by atoms with E-state index in [1.54, 1.807) is 0 Å². The smallest absolute Gasteiger partial charge is 0.128 e. The number of anilines is 1. The highest BCUT2D eigenvalue weighted by atomic mass is 79.9. The zero-order chi connectivity index (χ0) is 12.0. The van der Waals surface area contributed by atoms with Crippen LogP contribution < -0.4 is 4.90 Å². The molecule has 1 rings (SSSR count). The number of nitrogens with zero attached hydrogens (tertiary/aromatic N) is 2. The lowest BCUT2D eigenvalue weighted by atomic mass is 10.3. The Balaban J connectivity index is 2.78. The minimum atomic E-state index is 0.167. The Morgan fingerprint density at radius 1 is 1.38 bits per heavy atom. The van der Waals surface area contributed by atoms with Gasteiger partial charge in [-0.2, -0.15) is 0 Å². The van der Waals surface area contributed by atoms with Gasteiger partial charge in [-0.15, -0.1) is 0 Å². The normalized spacial score (nSPS) is 10.5. The van der Waals surface area contributed by atoms with Gasteiger partial charge in [0.15, 0.2) is 0 Å². The Labute approximate surface area is 106 Å². The maximum Gasteiger partial charge on any atom is 0.128 e. The molecule has 1 heterocycles. The van der Waals surface area contributed by atoms with Gasteiger partial charge in [0.25, 0.3) is 0 Å². The summed E-state index contributed by atoms with van der Waals surface area (Å²) in [5.74, 6) is 0.947. The number of aliphatic hydroxyl groups excluding tert-OH is 1. The van der Waals surface area contributed by atoms with Crippen molar-refractivity contribution in [2.45, 2.75) is 26.7 Å². The van der Waals surface area contributed by atoms with Crippen LogP contribution in [-0.2, 0) is 0 Å². The molecule has 0 aliphatic heterocycles. The molecular weight excluding hydrogens is 268 g/mol. The van der Waals surface area contributed by atoms with Crippen LogP contribution in [0.4, 0.5) is 5.82 Å². The summed E-state index contributed by atoms with van der Waals surface area (Å²) in [6.07, 6.45) is 2.27. The van der Waals surface area contributed by atoms with Gasteiger partial charge in [0, 0.05) is 17.6 Å². The van der Waals surface area contributed by atoms with Crippen molar-refractivity contribution < 1.29 is 5.11 Å². The molecule has 16 heavy (non-hydrogen) atoms. The number of pyridine rings is 1. The number of rotatable bonds is 6. The fraction of sp³-hybridized carbons (Fsp3) is 0.583. The first-order chi connectivity index (χ1) is 7.69. The quantitative estimate of drug-likeness (QED) is 0.874. The lowest BCUT2D eigenvalue weighted by molar-refractivity contribution is 0.301. The van der Waals surface area contributed by atoms with E-state index >= 15 is 0 Å². The largest absolute Gasteiger partial charge is 0.395 e. The molecule has 1 aromatic rings. The highest BCUT2D eigenvalue weighted by Crippen LogP contribution is 2.19. The van der Waals surface area contributed by atoms with Crippen molar-refractivity contribution in [3.63, 3.8) is 0 Å². The van der Waals surface area contributed by atoms with Crippen LogP contribution in [0.3, 0.4) is 0 Å². The Kier molecular flexibility index (Phi) is 5.77. The molecular formula is C12H19BrN2O. The molecule has 0 saturated heterocycles. The minimum Gasteiger partial charge on any atom is -0.395 e. The molecule has 0 bridgehead atoms. The van der Waals surface area contributed by atoms with Gasteiger partial charge in [0.1, 0.15) is 5.82 Å². The van der Waals surface area contributed by atoms with E-state index in [1.807, 2.05) is 19.1 Å². The summed E-state index contributed by atoms with van der Waals surface area (Å²) in [6, 6.07) is 4.00. The number of aryl methyl sites for hydroxylation is 1. The number of unbranched alkanes of at least 4 members (excludes halogenated alkanes) is 1. The molecule has 0 amide bonds. The van der Waals surface area contributed by atoms with E-state index < -0.39 is 0 Å². The third-order valence-electron chi connectivity index (χ3n) is 2.48. The summed E-state index contributed by atoms with van der Waals surface area (Å²) in [6.45, 7) is 5.90. The Bertz CT molecular complexity index is 331. The summed E-state index contributed by atoms with van der Waals surface area (Å²) in [5.41, 5.74) is 0.983. The van der Waals surface area contributed by atoms with Crippen molar-refractivity contribution in [3.8, 4) is 0 Å². The fourth-order valence-corrected chi connectivity index (χ4v) is 1.74. The Morgan fingerprint density at radius 3 is 2.69 bits per heavy atom. The van der Waals surface area contributed by atoms with Crippen molar-refractivity contribution in [3.05, 3.63) is 22.3 Å². The Hall–Kier alpha value is -0.610. The van der Waals surface area contributed by atoms with Gasteiger partial charge >= 0.3 is 0 Å². The topological polar surface area (TPSA) is 36.4 Å². The molecule has 0 fully saturated rings. The Morgan fingerprint density at radius 2 is 2.12 bits per heavy atom. The lowest BCUT2D eigenvalue weighted by Crippen LogP contribution is -2.28. The predicted octanol–water partition coefficient (Wildman–Crippen LogP) is 2.75. The molecule has 0 unspecified atom stereocenters. The van der Waals surface area contributed by atoms with Crippen LogP contribution in [0.15, 0.2) is 16.6 Å².